The molecule has 2 amide bonds. The van der Waals surface area contributed by atoms with Crippen LogP contribution in [0.3, 0.4) is 0 Å². The monoisotopic (exact) mass is 282 g/mol. The Kier molecular flexibility index (Phi) is 4.66. The summed E-state index contributed by atoms with van der Waals surface area (Å²) in [7, 11) is 0. The fourth-order valence-electron chi connectivity index (χ4n) is 2.79. The number of hydrogen-bond acceptors (Lipinski definition) is 4. The minimum atomic E-state index is -1.23. The van der Waals surface area contributed by atoms with E-state index >= 15 is 0 Å². The average molecular weight is 282 g/mol. The van der Waals surface area contributed by atoms with Gasteiger partial charge in [-0.1, -0.05) is 0 Å². The fourth-order valence-corrected chi connectivity index (χ4v) is 2.79. The Hall–Kier alpha value is -1.74. The maximum absolute atomic E-state index is 11.7. The Morgan fingerprint density at radius 1 is 1.50 bits per heavy atom. The van der Waals surface area contributed by atoms with Gasteiger partial charge >= 0.3 is 6.09 Å². The standard InChI is InChI=1S/C14H22N2O4/c1-6-10-8-11(20-12(17)15-7-2)9-16(10,13(18)19)14(3,4)5/h1,10-11H,7-9H2,2-5H3,(H-,15,17,18,19)/t10-,11-,16?/m0/s1. The van der Waals surface area contributed by atoms with Crippen LogP contribution in [0.15, 0.2) is 0 Å². The number of rotatable bonds is 2. The number of nitrogens with one attached hydrogen (secondary N) is 1. The highest BCUT2D eigenvalue weighted by molar-refractivity contribution is 5.67. The van der Waals surface area contributed by atoms with Gasteiger partial charge in [0.25, 0.3) is 6.09 Å². The maximum Gasteiger partial charge on any atom is 0.407 e. The summed E-state index contributed by atoms with van der Waals surface area (Å²) in [6.45, 7) is 7.73. The number of quaternary nitrogens is 1. The second-order valence-corrected chi connectivity index (χ2v) is 5.96. The van der Waals surface area contributed by atoms with E-state index in [2.05, 4.69) is 11.2 Å². The first kappa shape index (κ1) is 16.3. The zero-order valence-electron chi connectivity index (χ0n) is 12.4. The van der Waals surface area contributed by atoms with Gasteiger partial charge in [0, 0.05) is 6.54 Å². The lowest BCUT2D eigenvalue weighted by Gasteiger charge is -2.47. The van der Waals surface area contributed by atoms with Gasteiger partial charge in [-0.2, -0.15) is 0 Å². The van der Waals surface area contributed by atoms with E-state index in [1.54, 1.807) is 27.7 Å². The van der Waals surface area contributed by atoms with Crippen LogP contribution in [-0.4, -0.2) is 47.4 Å². The molecule has 0 spiro atoms. The van der Waals surface area contributed by atoms with E-state index in [0.717, 1.165) is 0 Å². The van der Waals surface area contributed by atoms with Crippen LogP contribution in [-0.2, 0) is 4.74 Å². The third-order valence-electron chi connectivity index (χ3n) is 3.82. The Morgan fingerprint density at radius 3 is 2.45 bits per heavy atom. The molecule has 1 N–H and O–H groups in total. The van der Waals surface area contributed by atoms with E-state index in [4.69, 9.17) is 11.2 Å². The highest BCUT2D eigenvalue weighted by atomic mass is 16.6. The largest absolute Gasteiger partial charge is 0.498 e. The van der Waals surface area contributed by atoms with Crippen molar-refractivity contribution in [1.29, 1.82) is 0 Å². The third kappa shape index (κ3) is 2.73. The first-order chi connectivity index (χ1) is 9.18. The van der Waals surface area contributed by atoms with Gasteiger partial charge in [-0.25, -0.2) is 4.79 Å². The SMILES string of the molecule is C#C[C@H]1C[C@H](OC(=O)NCC)C[N+]1(C(=O)[O-])C(C)(C)C. The molecule has 1 saturated heterocycles. The molecule has 112 valence electrons. The molecule has 20 heavy (non-hydrogen) atoms. The van der Waals surface area contributed by atoms with Crippen LogP contribution in [0, 0.1) is 12.3 Å². The van der Waals surface area contributed by atoms with Crippen molar-refractivity contribution in [2.75, 3.05) is 13.1 Å². The van der Waals surface area contributed by atoms with Gasteiger partial charge in [-0.15, -0.1) is 6.42 Å². The molecule has 1 unspecified atom stereocenters. The molecular formula is C14H22N2O4. The van der Waals surface area contributed by atoms with Gasteiger partial charge in [-0.05, 0) is 33.6 Å². The predicted molar refractivity (Wildman–Crippen MR) is 71.5 cm³/mol. The van der Waals surface area contributed by atoms with Gasteiger partial charge in [0.2, 0.25) is 0 Å². The topological polar surface area (TPSA) is 78.5 Å². The van der Waals surface area contributed by atoms with Gasteiger partial charge in [-0.3, -0.25) is 4.48 Å². The van der Waals surface area contributed by atoms with Crippen LogP contribution in [0.25, 0.3) is 0 Å². The molecule has 6 nitrogen and oxygen atoms in total. The second kappa shape index (κ2) is 5.71. The Morgan fingerprint density at radius 2 is 2.10 bits per heavy atom. The molecule has 0 aromatic carbocycles. The first-order valence-corrected chi connectivity index (χ1v) is 6.69. The maximum atomic E-state index is 11.7. The summed E-state index contributed by atoms with van der Waals surface area (Å²) >= 11 is 0. The van der Waals surface area contributed by atoms with Crippen molar-refractivity contribution < 1.29 is 23.9 Å². The third-order valence-corrected chi connectivity index (χ3v) is 3.82. The Balaban J connectivity index is 3.00. The lowest BCUT2D eigenvalue weighted by Crippen LogP contribution is -2.69. The number of likely N-dealkylation sites (tertiary alicyclic amines) is 1. The molecule has 1 aliphatic rings. The van der Waals surface area contributed by atoms with E-state index < -0.39 is 34.4 Å². The molecule has 0 bridgehead atoms. The molecule has 1 rings (SSSR count). The van der Waals surface area contributed by atoms with Crippen LogP contribution < -0.4 is 10.4 Å². The van der Waals surface area contributed by atoms with Crippen LogP contribution >= 0.6 is 0 Å². The molecule has 1 heterocycles. The zero-order valence-corrected chi connectivity index (χ0v) is 12.4. The normalized spacial score (nSPS) is 29.6. The van der Waals surface area contributed by atoms with Crippen molar-refractivity contribution >= 4 is 12.2 Å². The first-order valence-electron chi connectivity index (χ1n) is 6.69. The minimum absolute atomic E-state index is 0.123. The number of alkyl carbamates (subject to hydrolysis) is 1. The van der Waals surface area contributed by atoms with Gasteiger partial charge < -0.3 is 20.0 Å². The van der Waals surface area contributed by atoms with Crippen molar-refractivity contribution in [2.45, 2.75) is 51.8 Å². The zero-order chi connectivity index (χ0) is 15.6. The van der Waals surface area contributed by atoms with Crippen LogP contribution in [0.4, 0.5) is 9.59 Å². The van der Waals surface area contributed by atoms with E-state index in [1.165, 1.54) is 0 Å². The number of carbonyl (C=O) groups excluding carboxylic acids is 2. The molecular weight excluding hydrogens is 260 g/mol. The van der Waals surface area contributed by atoms with Crippen molar-refractivity contribution in [1.82, 2.24) is 5.32 Å². The molecule has 0 aromatic rings. The number of amides is 2. The number of carboxylic acid groups (broad SMARTS) is 1. The molecule has 0 aliphatic carbocycles. The van der Waals surface area contributed by atoms with Gasteiger partial charge in [0.05, 0.1) is 12.0 Å². The van der Waals surface area contributed by atoms with Crippen LogP contribution in [0.5, 0.6) is 0 Å². The molecule has 0 radical (unpaired) electrons. The quantitative estimate of drug-likeness (QED) is 0.590. The van der Waals surface area contributed by atoms with E-state index in [-0.39, 0.29) is 6.54 Å². The molecule has 0 saturated carbocycles. The second-order valence-electron chi connectivity index (χ2n) is 5.96. The molecule has 1 aliphatic heterocycles. The van der Waals surface area contributed by atoms with Gasteiger partial charge in [0.1, 0.15) is 6.54 Å². The summed E-state index contributed by atoms with van der Waals surface area (Å²) in [5.74, 6) is 2.52. The number of hydrogen-bond donors (Lipinski definition) is 1. The van der Waals surface area contributed by atoms with Crippen LogP contribution in [0.1, 0.15) is 34.1 Å². The summed E-state index contributed by atoms with van der Waals surface area (Å²) in [6.07, 6.45) is 3.48. The van der Waals surface area contributed by atoms with Gasteiger partial charge in [0.15, 0.2) is 12.1 Å². The Bertz CT molecular complexity index is 435. The minimum Gasteiger partial charge on any atom is -0.498 e. The summed E-state index contributed by atoms with van der Waals surface area (Å²) in [6, 6.07) is -0.570. The lowest BCUT2D eigenvalue weighted by molar-refractivity contribution is -0.924. The number of nitrogens with zero attached hydrogens (tertiary/aromatic N) is 1. The predicted octanol–water partition coefficient (Wildman–Crippen LogP) is 0.465. The summed E-state index contributed by atoms with van der Waals surface area (Å²) in [4.78, 5) is 23.2. The van der Waals surface area contributed by atoms with Crippen molar-refractivity contribution in [3.05, 3.63) is 0 Å². The number of terminal acetylenes is 1. The van der Waals surface area contributed by atoms with Crippen molar-refractivity contribution in [2.24, 2.45) is 0 Å². The van der Waals surface area contributed by atoms with Crippen LogP contribution in [0.2, 0.25) is 0 Å². The number of ether oxygens (including phenoxy) is 1. The van der Waals surface area contributed by atoms with E-state index in [9.17, 15) is 14.7 Å². The summed E-state index contributed by atoms with van der Waals surface area (Å²) < 4.78 is 4.84. The average Bonchev–Trinajstić information content (AvgIpc) is 2.68. The molecule has 3 atom stereocenters. The fraction of sp³-hybridized carbons (Fsp3) is 0.714. The Labute approximate surface area is 119 Å². The molecule has 1 fully saturated rings. The summed E-state index contributed by atoms with van der Waals surface area (Å²) in [5.41, 5.74) is -0.644. The van der Waals surface area contributed by atoms with Crippen molar-refractivity contribution in [3.8, 4) is 12.3 Å². The molecule has 6 heteroatoms. The number of carbonyl (C=O) groups is 2. The van der Waals surface area contributed by atoms with E-state index in [1.807, 2.05) is 0 Å². The summed E-state index contributed by atoms with van der Waals surface area (Å²) in [5, 5.41) is 14.2. The highest BCUT2D eigenvalue weighted by Gasteiger charge is 2.56. The van der Waals surface area contributed by atoms with Crippen molar-refractivity contribution in [3.63, 3.8) is 0 Å². The van der Waals surface area contributed by atoms with E-state index in [0.29, 0.717) is 13.0 Å². The highest BCUT2D eigenvalue weighted by Crippen LogP contribution is 2.37. The molecule has 0 aromatic heterocycles. The lowest BCUT2D eigenvalue weighted by atomic mass is 10.00. The smallest absolute Gasteiger partial charge is 0.407 e.